The van der Waals surface area contributed by atoms with Gasteiger partial charge in [0.05, 0.1) is 15.1 Å². The number of fused-ring (bicyclic) bond motifs is 1. The van der Waals surface area contributed by atoms with Gasteiger partial charge in [0.25, 0.3) is 5.91 Å². The SMILES string of the molecule is CC=C=CCCNS(=O)(=O)c1ccc2sc(NCc3ccc(C(=O)N4CCCCCC4)cc3)nc2c1. The standard InChI is InChI=1S/C27H32N4O3S2/c1-2-3-4-7-16-29-36(33,34)23-14-15-25-24(19-23)30-27(35-25)28-20-21-10-12-22(13-11-21)26(32)31-17-8-5-6-9-18-31/h2,4,10-15,19,29H,5-9,16-18,20H2,1H3,(H,28,30). The third-order valence-corrected chi connectivity index (χ3v) is 8.53. The number of nitrogens with zero attached hydrogens (tertiary/aromatic N) is 2. The number of hydrogen-bond donors (Lipinski definition) is 2. The van der Waals surface area contributed by atoms with Gasteiger partial charge in [0.15, 0.2) is 5.13 Å². The molecular formula is C27H32N4O3S2. The Bertz CT molecular complexity index is 1350. The van der Waals surface area contributed by atoms with Crippen molar-refractivity contribution < 1.29 is 13.2 Å². The van der Waals surface area contributed by atoms with Crippen molar-refractivity contribution in [3.63, 3.8) is 0 Å². The number of rotatable bonds is 9. The predicted octanol–water partition coefficient (Wildman–Crippen LogP) is 5.32. The number of nitrogens with one attached hydrogen (secondary N) is 2. The molecule has 4 rings (SSSR count). The summed E-state index contributed by atoms with van der Waals surface area (Å²) in [7, 11) is -3.60. The minimum atomic E-state index is -3.60. The summed E-state index contributed by atoms with van der Waals surface area (Å²) in [6.07, 6.45) is 8.70. The number of sulfonamides is 1. The third-order valence-electron chi connectivity index (χ3n) is 6.07. The lowest BCUT2D eigenvalue weighted by molar-refractivity contribution is 0.0761. The number of anilines is 1. The highest BCUT2D eigenvalue weighted by Gasteiger charge is 2.17. The molecule has 2 heterocycles. The Morgan fingerprint density at radius 1 is 1.11 bits per heavy atom. The van der Waals surface area contributed by atoms with E-state index in [0.717, 1.165) is 41.8 Å². The number of benzene rings is 2. The molecule has 1 aromatic heterocycles. The van der Waals surface area contributed by atoms with Crippen LogP contribution in [0.15, 0.2) is 65.2 Å². The molecule has 3 aromatic rings. The van der Waals surface area contributed by atoms with E-state index in [1.165, 1.54) is 24.2 Å². The van der Waals surface area contributed by atoms with Gasteiger partial charge in [-0.05, 0) is 74.2 Å². The molecule has 190 valence electrons. The van der Waals surface area contributed by atoms with E-state index in [2.05, 4.69) is 20.8 Å². The molecule has 1 aliphatic heterocycles. The van der Waals surface area contributed by atoms with E-state index in [1.54, 1.807) is 30.4 Å². The van der Waals surface area contributed by atoms with Crippen molar-refractivity contribution in [2.45, 2.75) is 50.5 Å². The maximum Gasteiger partial charge on any atom is 0.253 e. The van der Waals surface area contributed by atoms with Crippen LogP contribution < -0.4 is 10.0 Å². The van der Waals surface area contributed by atoms with Gasteiger partial charge >= 0.3 is 0 Å². The molecule has 0 bridgehead atoms. The molecule has 0 atom stereocenters. The first-order valence-electron chi connectivity index (χ1n) is 12.3. The molecule has 7 nitrogen and oxygen atoms in total. The number of thiazole rings is 1. The smallest absolute Gasteiger partial charge is 0.253 e. The Hall–Kier alpha value is -2.97. The normalized spacial score (nSPS) is 14.2. The van der Waals surface area contributed by atoms with Crippen LogP contribution in [0.3, 0.4) is 0 Å². The summed E-state index contributed by atoms with van der Waals surface area (Å²) in [5.41, 5.74) is 5.33. The van der Waals surface area contributed by atoms with E-state index in [1.807, 2.05) is 36.1 Å². The van der Waals surface area contributed by atoms with Crippen LogP contribution in [0.25, 0.3) is 10.2 Å². The first kappa shape index (κ1) is 26.1. The number of likely N-dealkylation sites (tertiary alicyclic amines) is 1. The Labute approximate surface area is 217 Å². The Morgan fingerprint density at radius 2 is 1.86 bits per heavy atom. The van der Waals surface area contributed by atoms with Crippen molar-refractivity contribution in [2.24, 2.45) is 0 Å². The first-order valence-corrected chi connectivity index (χ1v) is 14.6. The van der Waals surface area contributed by atoms with Gasteiger partial charge in [0, 0.05) is 31.7 Å². The summed E-state index contributed by atoms with van der Waals surface area (Å²) in [6, 6.07) is 12.7. The highest BCUT2D eigenvalue weighted by atomic mass is 32.2. The fourth-order valence-electron chi connectivity index (χ4n) is 4.10. The summed E-state index contributed by atoms with van der Waals surface area (Å²) >= 11 is 1.48. The van der Waals surface area contributed by atoms with Crippen molar-refractivity contribution in [3.05, 3.63) is 71.5 Å². The highest BCUT2D eigenvalue weighted by molar-refractivity contribution is 7.89. The number of aromatic nitrogens is 1. The van der Waals surface area contributed by atoms with Gasteiger partial charge in [-0.1, -0.05) is 36.3 Å². The van der Waals surface area contributed by atoms with Crippen LogP contribution in [0, 0.1) is 0 Å². The minimum Gasteiger partial charge on any atom is -0.357 e. The number of hydrogen-bond acceptors (Lipinski definition) is 6. The molecule has 0 saturated carbocycles. The zero-order valence-corrected chi connectivity index (χ0v) is 22.1. The zero-order valence-electron chi connectivity index (χ0n) is 20.5. The maximum atomic E-state index is 12.8. The average molecular weight is 525 g/mol. The fourth-order valence-corrected chi connectivity index (χ4v) is 6.01. The maximum absolute atomic E-state index is 12.8. The third kappa shape index (κ3) is 6.83. The second kappa shape index (κ2) is 12.3. The van der Waals surface area contributed by atoms with Gasteiger partial charge in [-0.3, -0.25) is 4.79 Å². The number of carbonyl (C=O) groups is 1. The predicted molar refractivity (Wildman–Crippen MR) is 146 cm³/mol. The number of amides is 1. The van der Waals surface area contributed by atoms with Gasteiger partial charge in [-0.25, -0.2) is 18.1 Å². The van der Waals surface area contributed by atoms with E-state index in [-0.39, 0.29) is 10.8 Å². The minimum absolute atomic E-state index is 0.108. The van der Waals surface area contributed by atoms with Crippen LogP contribution in [0.2, 0.25) is 0 Å². The molecule has 2 N–H and O–H groups in total. The van der Waals surface area contributed by atoms with E-state index in [9.17, 15) is 13.2 Å². The summed E-state index contributed by atoms with van der Waals surface area (Å²) in [5.74, 6) is 0.108. The molecule has 1 fully saturated rings. The van der Waals surface area contributed by atoms with Gasteiger partial charge in [-0.15, -0.1) is 5.73 Å². The molecule has 1 amide bonds. The van der Waals surface area contributed by atoms with Crippen LogP contribution in [0.4, 0.5) is 5.13 Å². The molecule has 0 radical (unpaired) electrons. The lowest BCUT2D eigenvalue weighted by Crippen LogP contribution is -2.31. The summed E-state index contributed by atoms with van der Waals surface area (Å²) in [4.78, 5) is 19.5. The number of carbonyl (C=O) groups excluding carboxylic acids is 1. The molecule has 1 aliphatic rings. The highest BCUT2D eigenvalue weighted by Crippen LogP contribution is 2.28. The van der Waals surface area contributed by atoms with Gasteiger partial charge in [0.2, 0.25) is 10.0 Å². The van der Waals surface area contributed by atoms with Crippen molar-refractivity contribution in [1.29, 1.82) is 0 Å². The van der Waals surface area contributed by atoms with Gasteiger partial charge < -0.3 is 10.2 Å². The Kier molecular flexibility index (Phi) is 8.93. The Morgan fingerprint density at radius 3 is 2.58 bits per heavy atom. The van der Waals surface area contributed by atoms with E-state index in [4.69, 9.17) is 0 Å². The van der Waals surface area contributed by atoms with Crippen molar-refractivity contribution in [1.82, 2.24) is 14.6 Å². The van der Waals surface area contributed by atoms with E-state index in [0.29, 0.717) is 30.2 Å². The lowest BCUT2D eigenvalue weighted by atomic mass is 10.1. The summed E-state index contributed by atoms with van der Waals surface area (Å²) in [5, 5.41) is 4.03. The van der Waals surface area contributed by atoms with Crippen molar-refractivity contribution >= 4 is 42.6 Å². The molecule has 36 heavy (non-hydrogen) atoms. The topological polar surface area (TPSA) is 91.4 Å². The van der Waals surface area contributed by atoms with Crippen molar-refractivity contribution in [2.75, 3.05) is 25.0 Å². The Balaban J connectivity index is 1.36. The van der Waals surface area contributed by atoms with Gasteiger partial charge in [-0.2, -0.15) is 0 Å². The van der Waals surface area contributed by atoms with Crippen LogP contribution in [-0.2, 0) is 16.6 Å². The summed E-state index contributed by atoms with van der Waals surface area (Å²) < 4.78 is 28.7. The molecule has 1 saturated heterocycles. The van der Waals surface area contributed by atoms with Crippen LogP contribution in [0.1, 0.15) is 54.9 Å². The fraction of sp³-hybridized carbons (Fsp3) is 0.370. The second-order valence-corrected chi connectivity index (χ2v) is 11.5. The quantitative estimate of drug-likeness (QED) is 0.292. The molecule has 9 heteroatoms. The van der Waals surface area contributed by atoms with Crippen LogP contribution >= 0.6 is 11.3 Å². The molecule has 2 aromatic carbocycles. The lowest BCUT2D eigenvalue weighted by Gasteiger charge is -2.20. The second-order valence-electron chi connectivity index (χ2n) is 8.75. The summed E-state index contributed by atoms with van der Waals surface area (Å²) in [6.45, 7) is 4.42. The molecular weight excluding hydrogens is 492 g/mol. The van der Waals surface area contributed by atoms with E-state index < -0.39 is 10.0 Å². The first-order chi connectivity index (χ1) is 17.5. The van der Waals surface area contributed by atoms with Crippen LogP contribution in [0.5, 0.6) is 0 Å². The molecule has 0 aliphatic carbocycles. The average Bonchev–Trinajstić information content (AvgIpc) is 3.10. The molecule has 0 unspecified atom stereocenters. The zero-order chi connectivity index (χ0) is 25.4. The van der Waals surface area contributed by atoms with Gasteiger partial charge in [0.1, 0.15) is 0 Å². The van der Waals surface area contributed by atoms with Crippen LogP contribution in [-0.4, -0.2) is 43.8 Å². The monoisotopic (exact) mass is 524 g/mol. The van der Waals surface area contributed by atoms with E-state index >= 15 is 0 Å². The van der Waals surface area contributed by atoms with Crippen molar-refractivity contribution in [3.8, 4) is 0 Å². The largest absolute Gasteiger partial charge is 0.357 e. The molecule has 0 spiro atoms.